The van der Waals surface area contributed by atoms with E-state index in [1.54, 1.807) is 30.3 Å². The average molecular weight is 374 g/mol. The molecule has 0 aromatic heterocycles. The topological polar surface area (TPSA) is 117 Å². The minimum atomic E-state index is -1.14. The first-order valence-electron chi connectivity index (χ1n) is 7.91. The van der Waals surface area contributed by atoms with E-state index in [0.29, 0.717) is 5.75 Å². The van der Waals surface area contributed by atoms with Crippen LogP contribution in [-0.2, 0) is 14.3 Å². The molecule has 0 saturated heterocycles. The van der Waals surface area contributed by atoms with Crippen molar-refractivity contribution in [2.24, 2.45) is 0 Å². The summed E-state index contributed by atoms with van der Waals surface area (Å²) in [6.07, 6.45) is -1.14. The Morgan fingerprint density at radius 3 is 2.52 bits per heavy atom. The molecule has 0 aliphatic heterocycles. The maximum Gasteiger partial charge on any atom is 0.344 e. The Morgan fingerprint density at radius 2 is 1.89 bits per heavy atom. The van der Waals surface area contributed by atoms with E-state index in [1.165, 1.54) is 26.2 Å². The summed E-state index contributed by atoms with van der Waals surface area (Å²) >= 11 is 0. The minimum absolute atomic E-state index is 0.0973. The highest BCUT2D eigenvalue weighted by Gasteiger charge is 2.21. The molecule has 0 fully saturated rings. The van der Waals surface area contributed by atoms with Crippen LogP contribution in [0.15, 0.2) is 48.5 Å². The van der Waals surface area contributed by atoms with Crippen LogP contribution in [0.5, 0.6) is 11.5 Å². The van der Waals surface area contributed by atoms with Crippen molar-refractivity contribution in [1.29, 1.82) is 0 Å². The predicted octanol–water partition coefficient (Wildman–Crippen LogP) is 2.55. The van der Waals surface area contributed by atoms with Crippen LogP contribution in [0.25, 0.3) is 0 Å². The molecular formula is C18H18N2O7. The van der Waals surface area contributed by atoms with Gasteiger partial charge in [0.25, 0.3) is 11.6 Å². The third kappa shape index (κ3) is 5.70. The summed E-state index contributed by atoms with van der Waals surface area (Å²) < 4.78 is 15.3. The summed E-state index contributed by atoms with van der Waals surface area (Å²) in [6.45, 7) is 1.02. The van der Waals surface area contributed by atoms with E-state index in [0.717, 1.165) is 6.07 Å². The summed E-state index contributed by atoms with van der Waals surface area (Å²) in [5, 5.41) is 13.3. The fourth-order valence-corrected chi connectivity index (χ4v) is 2.09. The fraction of sp³-hybridized carbons (Fsp3) is 0.222. The largest absolute Gasteiger partial charge is 0.495 e. The predicted molar refractivity (Wildman–Crippen MR) is 95.8 cm³/mol. The molecule has 1 N–H and O–H groups in total. The summed E-state index contributed by atoms with van der Waals surface area (Å²) in [5.41, 5.74) is -0.118. The van der Waals surface area contributed by atoms with Gasteiger partial charge in [0, 0.05) is 12.1 Å². The number of nitrogens with one attached hydrogen (secondary N) is 1. The standard InChI is InChI=1S/C18H18N2O7/c1-12(27-17(21)11-26-14-6-4-3-5-7-14)18(22)19-15-10-13(20(23)24)8-9-16(15)25-2/h3-10,12H,11H2,1-2H3,(H,19,22)/t12-/m1/s1. The quantitative estimate of drug-likeness (QED) is 0.429. The van der Waals surface area contributed by atoms with Gasteiger partial charge in [0.1, 0.15) is 11.5 Å². The first-order valence-corrected chi connectivity index (χ1v) is 7.91. The van der Waals surface area contributed by atoms with Crippen LogP contribution in [0.4, 0.5) is 11.4 Å². The number of ether oxygens (including phenoxy) is 3. The first kappa shape index (κ1) is 19.7. The van der Waals surface area contributed by atoms with Gasteiger partial charge in [-0.15, -0.1) is 0 Å². The van der Waals surface area contributed by atoms with Crippen LogP contribution >= 0.6 is 0 Å². The summed E-state index contributed by atoms with van der Waals surface area (Å²) in [4.78, 5) is 34.3. The minimum Gasteiger partial charge on any atom is -0.495 e. The van der Waals surface area contributed by atoms with Crippen LogP contribution in [0, 0.1) is 10.1 Å². The number of hydrogen-bond acceptors (Lipinski definition) is 7. The van der Waals surface area contributed by atoms with E-state index in [2.05, 4.69) is 5.32 Å². The zero-order chi connectivity index (χ0) is 19.8. The van der Waals surface area contributed by atoms with Crippen molar-refractivity contribution in [3.63, 3.8) is 0 Å². The molecule has 0 radical (unpaired) electrons. The Labute approximate surface area is 155 Å². The van der Waals surface area contributed by atoms with Gasteiger partial charge in [-0.1, -0.05) is 18.2 Å². The number of para-hydroxylation sites is 1. The summed E-state index contributed by atoms with van der Waals surface area (Å²) in [6, 6.07) is 12.4. The average Bonchev–Trinajstić information content (AvgIpc) is 2.67. The van der Waals surface area contributed by atoms with Gasteiger partial charge in [-0.2, -0.15) is 0 Å². The number of methoxy groups -OCH3 is 1. The SMILES string of the molecule is COc1ccc([N+](=O)[O-])cc1NC(=O)[C@@H](C)OC(=O)COc1ccccc1. The molecule has 142 valence electrons. The van der Waals surface area contributed by atoms with Gasteiger partial charge in [0.15, 0.2) is 12.7 Å². The summed E-state index contributed by atoms with van der Waals surface area (Å²) in [7, 11) is 1.36. The van der Waals surface area contributed by atoms with Crippen LogP contribution < -0.4 is 14.8 Å². The van der Waals surface area contributed by atoms with Gasteiger partial charge in [0.2, 0.25) is 0 Å². The first-order chi connectivity index (χ1) is 12.9. The number of carbonyl (C=O) groups excluding carboxylic acids is 2. The van der Waals surface area contributed by atoms with Crippen molar-refractivity contribution in [2.75, 3.05) is 19.0 Å². The van der Waals surface area contributed by atoms with Gasteiger partial charge >= 0.3 is 5.97 Å². The molecule has 0 spiro atoms. The molecule has 0 saturated carbocycles. The number of rotatable bonds is 8. The summed E-state index contributed by atoms with van der Waals surface area (Å²) in [5.74, 6) is -0.665. The zero-order valence-corrected chi connectivity index (χ0v) is 14.7. The Hall–Kier alpha value is -3.62. The Bertz CT molecular complexity index is 824. The van der Waals surface area contributed by atoms with Crippen molar-refractivity contribution in [1.82, 2.24) is 0 Å². The van der Waals surface area contributed by atoms with Crippen LogP contribution in [0.1, 0.15) is 6.92 Å². The monoisotopic (exact) mass is 374 g/mol. The maximum absolute atomic E-state index is 12.2. The number of anilines is 1. The van der Waals surface area contributed by atoms with Crippen LogP contribution in [-0.4, -0.2) is 36.6 Å². The molecule has 9 nitrogen and oxygen atoms in total. The second kappa shape index (κ2) is 9.18. The van der Waals surface area contributed by atoms with E-state index < -0.39 is 22.9 Å². The van der Waals surface area contributed by atoms with E-state index in [1.807, 2.05) is 0 Å². The number of amides is 1. The van der Waals surface area contributed by atoms with Gasteiger partial charge in [-0.25, -0.2) is 4.79 Å². The number of nitro groups is 1. The number of nitro benzene ring substituents is 1. The zero-order valence-electron chi connectivity index (χ0n) is 14.7. The molecule has 2 rings (SSSR count). The van der Waals surface area contributed by atoms with E-state index in [9.17, 15) is 19.7 Å². The highest BCUT2D eigenvalue weighted by molar-refractivity contribution is 5.96. The van der Waals surface area contributed by atoms with Gasteiger partial charge in [0.05, 0.1) is 17.7 Å². The molecule has 0 aliphatic rings. The highest BCUT2D eigenvalue weighted by atomic mass is 16.6. The Kier molecular flexibility index (Phi) is 6.70. The molecule has 0 bridgehead atoms. The van der Waals surface area contributed by atoms with Crippen molar-refractivity contribution in [3.8, 4) is 11.5 Å². The van der Waals surface area contributed by atoms with Crippen molar-refractivity contribution in [3.05, 3.63) is 58.6 Å². The molecular weight excluding hydrogens is 356 g/mol. The number of nitrogens with zero attached hydrogens (tertiary/aromatic N) is 1. The van der Waals surface area contributed by atoms with Gasteiger partial charge in [-0.05, 0) is 25.1 Å². The van der Waals surface area contributed by atoms with E-state index in [4.69, 9.17) is 14.2 Å². The number of esters is 1. The Balaban J connectivity index is 1.94. The molecule has 1 amide bonds. The lowest BCUT2D eigenvalue weighted by Gasteiger charge is -2.15. The fourth-order valence-electron chi connectivity index (χ4n) is 2.09. The second-order valence-corrected chi connectivity index (χ2v) is 5.36. The van der Waals surface area contributed by atoms with Gasteiger partial charge in [-0.3, -0.25) is 14.9 Å². The number of hydrogen-bond donors (Lipinski definition) is 1. The van der Waals surface area contributed by atoms with E-state index >= 15 is 0 Å². The van der Waals surface area contributed by atoms with Crippen LogP contribution in [0.2, 0.25) is 0 Å². The molecule has 9 heteroatoms. The van der Waals surface area contributed by atoms with Crippen molar-refractivity contribution < 1.29 is 28.7 Å². The van der Waals surface area contributed by atoms with Crippen molar-refractivity contribution in [2.45, 2.75) is 13.0 Å². The molecule has 27 heavy (non-hydrogen) atoms. The Morgan fingerprint density at radius 1 is 1.19 bits per heavy atom. The van der Waals surface area contributed by atoms with E-state index in [-0.39, 0.29) is 23.7 Å². The van der Waals surface area contributed by atoms with Gasteiger partial charge < -0.3 is 19.5 Å². The number of carbonyl (C=O) groups is 2. The normalized spacial score (nSPS) is 11.2. The molecule has 0 heterocycles. The number of benzene rings is 2. The molecule has 2 aromatic carbocycles. The van der Waals surface area contributed by atoms with Crippen molar-refractivity contribution >= 4 is 23.3 Å². The second-order valence-electron chi connectivity index (χ2n) is 5.36. The molecule has 1 atom stereocenters. The smallest absolute Gasteiger partial charge is 0.344 e. The number of non-ortho nitro benzene ring substituents is 1. The molecule has 0 unspecified atom stereocenters. The highest BCUT2D eigenvalue weighted by Crippen LogP contribution is 2.29. The lowest BCUT2D eigenvalue weighted by Crippen LogP contribution is -2.31. The van der Waals surface area contributed by atoms with Crippen LogP contribution in [0.3, 0.4) is 0 Å². The molecule has 2 aromatic rings. The lowest BCUT2D eigenvalue weighted by atomic mass is 10.2. The third-order valence-corrected chi connectivity index (χ3v) is 3.43. The third-order valence-electron chi connectivity index (χ3n) is 3.43. The lowest BCUT2D eigenvalue weighted by molar-refractivity contribution is -0.384. The maximum atomic E-state index is 12.2. The molecule has 0 aliphatic carbocycles.